The van der Waals surface area contributed by atoms with E-state index in [9.17, 15) is 9.18 Å². The molecule has 0 unspecified atom stereocenters. The first-order valence-corrected chi connectivity index (χ1v) is 12.6. The largest absolute Gasteiger partial charge is 0.497 e. The lowest BCUT2D eigenvalue weighted by molar-refractivity contribution is 0.0742. The number of halogens is 1. The summed E-state index contributed by atoms with van der Waals surface area (Å²) in [6.07, 6.45) is 3.65. The standard InChI is InChI=1S/C30H31FN4O4/c1-19-11-22(31)5-6-25(19)26-14-21(18-35-8-7-33(2)30(35)32)15-27-28(26)39-10-9-34(29(27)36)17-20-12-23(37-3)16-24(13-20)38-4/h5-8,11-16,32H,9-10,17-18H2,1-4H3. The van der Waals surface area contributed by atoms with Gasteiger partial charge in [0.2, 0.25) is 5.62 Å². The molecule has 0 bridgehead atoms. The number of ether oxygens (including phenoxy) is 3. The number of carbonyl (C=O) groups excluding carboxylic acids is 1. The van der Waals surface area contributed by atoms with Gasteiger partial charge in [0.25, 0.3) is 5.91 Å². The molecule has 0 spiro atoms. The minimum absolute atomic E-state index is 0.170. The van der Waals surface area contributed by atoms with Crippen molar-refractivity contribution in [1.29, 1.82) is 5.41 Å². The van der Waals surface area contributed by atoms with E-state index < -0.39 is 0 Å². The zero-order valence-corrected chi connectivity index (χ0v) is 22.5. The van der Waals surface area contributed by atoms with Gasteiger partial charge in [-0.1, -0.05) is 6.07 Å². The molecule has 8 nitrogen and oxygen atoms in total. The first-order valence-electron chi connectivity index (χ1n) is 12.6. The van der Waals surface area contributed by atoms with E-state index in [1.165, 1.54) is 12.1 Å². The molecule has 5 rings (SSSR count). The summed E-state index contributed by atoms with van der Waals surface area (Å²) in [5, 5.41) is 8.35. The normalized spacial score (nSPS) is 13.1. The second-order valence-corrected chi connectivity index (χ2v) is 9.64. The third kappa shape index (κ3) is 5.25. The molecule has 0 saturated carbocycles. The minimum Gasteiger partial charge on any atom is -0.497 e. The van der Waals surface area contributed by atoms with Crippen LogP contribution in [0.3, 0.4) is 0 Å². The number of imidazole rings is 1. The number of hydrogen-bond acceptors (Lipinski definition) is 5. The van der Waals surface area contributed by atoms with E-state index in [0.29, 0.717) is 54.7 Å². The molecule has 4 aromatic rings. The van der Waals surface area contributed by atoms with Crippen LogP contribution in [0.5, 0.6) is 17.2 Å². The number of amides is 1. The van der Waals surface area contributed by atoms with Crippen molar-refractivity contribution in [3.63, 3.8) is 0 Å². The molecule has 1 aliphatic heterocycles. The highest BCUT2D eigenvalue weighted by Crippen LogP contribution is 2.39. The average molecular weight is 531 g/mol. The summed E-state index contributed by atoms with van der Waals surface area (Å²) in [6.45, 7) is 3.26. The van der Waals surface area contributed by atoms with Gasteiger partial charge in [-0.3, -0.25) is 10.2 Å². The monoisotopic (exact) mass is 530 g/mol. The van der Waals surface area contributed by atoms with E-state index in [1.807, 2.05) is 50.6 Å². The SMILES string of the molecule is COc1cc(CN2CCOc3c(cc(Cn4ccn(C)c4=N)cc3-c3ccc(F)cc3C)C2=O)cc(OC)c1. The molecule has 1 N–H and O–H groups in total. The lowest BCUT2D eigenvalue weighted by Gasteiger charge is -2.21. The third-order valence-electron chi connectivity index (χ3n) is 6.97. The fourth-order valence-electron chi connectivity index (χ4n) is 4.93. The van der Waals surface area contributed by atoms with Crippen molar-refractivity contribution in [2.45, 2.75) is 20.0 Å². The fourth-order valence-corrected chi connectivity index (χ4v) is 4.93. The fraction of sp³-hybridized carbons (Fsp3) is 0.267. The maximum absolute atomic E-state index is 14.0. The van der Waals surface area contributed by atoms with E-state index >= 15 is 0 Å². The van der Waals surface area contributed by atoms with Gasteiger partial charge >= 0.3 is 0 Å². The lowest BCUT2D eigenvalue weighted by atomic mass is 9.94. The highest BCUT2D eigenvalue weighted by atomic mass is 19.1. The predicted octanol–water partition coefficient (Wildman–Crippen LogP) is 4.52. The third-order valence-corrected chi connectivity index (χ3v) is 6.97. The summed E-state index contributed by atoms with van der Waals surface area (Å²) < 4.78 is 34.5. The van der Waals surface area contributed by atoms with Gasteiger partial charge in [0.15, 0.2) is 0 Å². The summed E-state index contributed by atoms with van der Waals surface area (Å²) in [5.41, 5.74) is 4.72. The Morgan fingerprint density at radius 1 is 0.923 bits per heavy atom. The van der Waals surface area contributed by atoms with Crippen LogP contribution in [-0.4, -0.2) is 47.3 Å². The Morgan fingerprint density at radius 3 is 2.26 bits per heavy atom. The van der Waals surface area contributed by atoms with Gasteiger partial charge in [-0.05, 0) is 65.6 Å². The quantitative estimate of drug-likeness (QED) is 0.381. The number of methoxy groups -OCH3 is 2. The van der Waals surface area contributed by atoms with Crippen LogP contribution in [0, 0.1) is 18.2 Å². The first-order chi connectivity index (χ1) is 18.8. The van der Waals surface area contributed by atoms with Crippen molar-refractivity contribution >= 4 is 5.91 Å². The van der Waals surface area contributed by atoms with E-state index in [1.54, 1.807) is 40.4 Å². The van der Waals surface area contributed by atoms with E-state index in [0.717, 1.165) is 27.8 Å². The second kappa shape index (κ2) is 10.7. The molecule has 0 radical (unpaired) electrons. The van der Waals surface area contributed by atoms with Crippen LogP contribution in [-0.2, 0) is 20.1 Å². The molecule has 1 amide bonds. The van der Waals surface area contributed by atoms with Crippen molar-refractivity contribution in [3.05, 3.63) is 94.6 Å². The summed E-state index contributed by atoms with van der Waals surface area (Å²) >= 11 is 0. The summed E-state index contributed by atoms with van der Waals surface area (Å²) in [6, 6.07) is 14.0. The van der Waals surface area contributed by atoms with Crippen LogP contribution in [0.15, 0.2) is 60.9 Å². The minimum atomic E-state index is -0.325. The Morgan fingerprint density at radius 2 is 1.62 bits per heavy atom. The number of fused-ring (bicyclic) bond motifs is 1. The molecule has 1 aromatic heterocycles. The second-order valence-electron chi connectivity index (χ2n) is 9.64. The Kier molecular flexibility index (Phi) is 7.15. The molecule has 2 heterocycles. The number of carbonyl (C=O) groups is 1. The Labute approximate surface area is 226 Å². The molecule has 0 atom stereocenters. The number of rotatable bonds is 7. The number of aromatic nitrogens is 2. The lowest BCUT2D eigenvalue weighted by Crippen LogP contribution is -2.32. The molecule has 0 saturated heterocycles. The maximum Gasteiger partial charge on any atom is 0.258 e. The molecule has 0 fully saturated rings. The summed E-state index contributed by atoms with van der Waals surface area (Å²) in [5.74, 6) is 1.27. The number of hydrogen-bond donors (Lipinski definition) is 1. The van der Waals surface area contributed by atoms with E-state index in [-0.39, 0.29) is 11.7 Å². The van der Waals surface area contributed by atoms with Gasteiger partial charge in [-0.25, -0.2) is 4.39 Å². The molecule has 202 valence electrons. The highest BCUT2D eigenvalue weighted by molar-refractivity contribution is 6.00. The van der Waals surface area contributed by atoms with Crippen molar-refractivity contribution < 1.29 is 23.4 Å². The van der Waals surface area contributed by atoms with Crippen molar-refractivity contribution in [2.75, 3.05) is 27.4 Å². The molecule has 1 aliphatic rings. The molecular weight excluding hydrogens is 499 g/mol. The summed E-state index contributed by atoms with van der Waals surface area (Å²) in [7, 11) is 4.99. The average Bonchev–Trinajstić information content (AvgIpc) is 3.15. The predicted molar refractivity (Wildman–Crippen MR) is 145 cm³/mol. The zero-order chi connectivity index (χ0) is 27.7. The van der Waals surface area contributed by atoms with Crippen LogP contribution < -0.4 is 19.8 Å². The zero-order valence-electron chi connectivity index (χ0n) is 22.5. The van der Waals surface area contributed by atoms with Crippen LogP contribution in [0.4, 0.5) is 4.39 Å². The van der Waals surface area contributed by atoms with Gasteiger partial charge in [-0.2, -0.15) is 0 Å². The molecule has 9 heteroatoms. The van der Waals surface area contributed by atoms with Crippen molar-refractivity contribution in [2.24, 2.45) is 7.05 Å². The highest BCUT2D eigenvalue weighted by Gasteiger charge is 2.28. The van der Waals surface area contributed by atoms with Crippen molar-refractivity contribution in [3.8, 4) is 28.4 Å². The van der Waals surface area contributed by atoms with Gasteiger partial charge in [0.05, 0.1) is 32.9 Å². The molecular formula is C30H31FN4O4. The van der Waals surface area contributed by atoms with Crippen LogP contribution in [0.2, 0.25) is 0 Å². The maximum atomic E-state index is 14.0. The smallest absolute Gasteiger partial charge is 0.258 e. The number of benzene rings is 3. The van der Waals surface area contributed by atoms with Gasteiger partial charge in [0, 0.05) is 37.6 Å². The van der Waals surface area contributed by atoms with Crippen LogP contribution >= 0.6 is 0 Å². The van der Waals surface area contributed by atoms with Crippen molar-refractivity contribution in [1.82, 2.24) is 14.0 Å². The first kappa shape index (κ1) is 26.1. The molecule has 3 aromatic carbocycles. The Hall–Kier alpha value is -4.53. The Balaban J connectivity index is 1.60. The molecule has 39 heavy (non-hydrogen) atoms. The number of aryl methyl sites for hydroxylation is 2. The van der Waals surface area contributed by atoms with Gasteiger partial charge in [-0.15, -0.1) is 0 Å². The van der Waals surface area contributed by atoms with E-state index in [2.05, 4.69) is 0 Å². The number of nitrogens with one attached hydrogen (secondary N) is 1. The number of nitrogens with zero attached hydrogens (tertiary/aromatic N) is 3. The van der Waals surface area contributed by atoms with Gasteiger partial charge < -0.3 is 28.2 Å². The summed E-state index contributed by atoms with van der Waals surface area (Å²) in [4.78, 5) is 15.8. The molecule has 0 aliphatic carbocycles. The Bertz CT molecular complexity index is 1580. The van der Waals surface area contributed by atoms with Gasteiger partial charge in [0.1, 0.15) is 29.7 Å². The van der Waals surface area contributed by atoms with Crippen LogP contribution in [0.25, 0.3) is 11.1 Å². The van der Waals surface area contributed by atoms with Crippen LogP contribution in [0.1, 0.15) is 27.0 Å². The topological polar surface area (TPSA) is 81.7 Å². The van der Waals surface area contributed by atoms with E-state index in [4.69, 9.17) is 19.6 Å².